The van der Waals surface area contributed by atoms with E-state index in [1.54, 1.807) is 30.3 Å². The highest BCUT2D eigenvalue weighted by atomic mass is 35.5. The number of sulfonamides is 1. The van der Waals surface area contributed by atoms with Crippen LogP contribution in [0.3, 0.4) is 0 Å². The second kappa shape index (κ2) is 6.67. The zero-order valence-corrected chi connectivity index (χ0v) is 14.2. The van der Waals surface area contributed by atoms with E-state index in [1.807, 2.05) is 4.83 Å². The van der Waals surface area contributed by atoms with Crippen molar-refractivity contribution in [3.8, 4) is 0 Å². The molecule has 0 aliphatic rings. The minimum absolute atomic E-state index is 0.0872. The number of rotatable bonds is 4. The van der Waals surface area contributed by atoms with E-state index in [2.05, 4.69) is 10.4 Å². The van der Waals surface area contributed by atoms with Crippen LogP contribution in [0.15, 0.2) is 64.3 Å². The molecule has 0 unspecified atom stereocenters. The molecule has 1 amide bonds. The van der Waals surface area contributed by atoms with Crippen LogP contribution in [-0.2, 0) is 10.0 Å². The van der Waals surface area contributed by atoms with Crippen molar-refractivity contribution in [3.63, 3.8) is 0 Å². The van der Waals surface area contributed by atoms with E-state index in [1.165, 1.54) is 24.3 Å². The lowest BCUT2D eigenvalue weighted by atomic mass is 10.2. The van der Waals surface area contributed by atoms with Gasteiger partial charge in [-0.25, -0.2) is 8.42 Å². The molecule has 0 aliphatic carbocycles. The van der Waals surface area contributed by atoms with Gasteiger partial charge in [0.25, 0.3) is 15.9 Å². The molecule has 128 valence electrons. The fraction of sp³-hybridized carbons (Fsp3) is 0. The van der Waals surface area contributed by atoms with Crippen molar-refractivity contribution >= 4 is 38.4 Å². The van der Waals surface area contributed by atoms with Crippen LogP contribution in [-0.4, -0.2) is 19.3 Å². The first-order chi connectivity index (χ1) is 11.9. The van der Waals surface area contributed by atoms with Crippen molar-refractivity contribution in [1.82, 2.24) is 15.2 Å². The first-order valence-electron chi connectivity index (χ1n) is 7.06. The molecule has 3 N–H and O–H groups in total. The monoisotopic (exact) mass is 377 g/mol. The minimum atomic E-state index is -4.10. The van der Waals surface area contributed by atoms with Gasteiger partial charge >= 0.3 is 0 Å². The zero-order chi connectivity index (χ0) is 18.0. The largest absolute Gasteiger partial charge is 0.322 e. The highest BCUT2D eigenvalue weighted by molar-refractivity contribution is 7.89. The molecule has 3 aromatic rings. The molecule has 0 bridgehead atoms. The van der Waals surface area contributed by atoms with Crippen LogP contribution >= 0.6 is 11.6 Å². The van der Waals surface area contributed by atoms with E-state index in [9.17, 15) is 18.0 Å². The van der Waals surface area contributed by atoms with Crippen LogP contribution in [0.4, 0.5) is 0 Å². The number of hydrogen-bond donors (Lipinski definition) is 3. The number of amides is 1. The maximum Gasteiger partial charge on any atom is 0.266 e. The minimum Gasteiger partial charge on any atom is -0.322 e. The fourth-order valence-corrected chi connectivity index (χ4v) is 3.59. The van der Waals surface area contributed by atoms with Crippen molar-refractivity contribution in [2.24, 2.45) is 0 Å². The summed E-state index contributed by atoms with van der Waals surface area (Å²) in [6, 6.07) is 13.5. The number of H-pyrrole nitrogens is 1. The second-order valence-corrected chi connectivity index (χ2v) is 7.18. The summed E-state index contributed by atoms with van der Waals surface area (Å²) in [4.78, 5) is 27.6. The molecule has 0 saturated heterocycles. The van der Waals surface area contributed by atoms with Crippen molar-refractivity contribution in [3.05, 3.63) is 75.5 Å². The average molecular weight is 378 g/mol. The Bertz CT molecular complexity index is 1110. The Morgan fingerprint density at radius 1 is 1.04 bits per heavy atom. The first kappa shape index (κ1) is 17.2. The van der Waals surface area contributed by atoms with Gasteiger partial charge in [0.15, 0.2) is 0 Å². The van der Waals surface area contributed by atoms with Crippen LogP contribution in [0.5, 0.6) is 0 Å². The lowest BCUT2D eigenvalue weighted by Crippen LogP contribution is -2.41. The molecular weight excluding hydrogens is 366 g/mol. The van der Waals surface area contributed by atoms with Crippen LogP contribution in [0.2, 0.25) is 5.02 Å². The van der Waals surface area contributed by atoms with Crippen LogP contribution in [0, 0.1) is 0 Å². The summed E-state index contributed by atoms with van der Waals surface area (Å²) in [5.74, 6) is -0.606. The smallest absolute Gasteiger partial charge is 0.266 e. The number of halogens is 1. The molecule has 25 heavy (non-hydrogen) atoms. The Morgan fingerprint density at radius 2 is 1.76 bits per heavy atom. The SMILES string of the molecule is O=C(NNS(=O)(=O)c1cc2ccc(=O)[nH]c2cc1Cl)c1ccccc1. The summed E-state index contributed by atoms with van der Waals surface area (Å²) < 4.78 is 24.8. The number of benzene rings is 2. The maximum atomic E-state index is 12.4. The quantitative estimate of drug-likeness (QED) is 0.602. The molecule has 0 saturated carbocycles. The number of aromatic nitrogens is 1. The number of fused-ring (bicyclic) bond motifs is 1. The summed E-state index contributed by atoms with van der Waals surface area (Å²) in [6.07, 6.45) is 0. The van der Waals surface area contributed by atoms with Gasteiger partial charge in [0.1, 0.15) is 4.90 Å². The van der Waals surface area contributed by atoms with E-state index < -0.39 is 15.9 Å². The standard InChI is InChI=1S/C16H12ClN3O4S/c17-12-9-13-11(6-7-15(21)18-13)8-14(12)25(23,24)20-19-16(22)10-4-2-1-3-5-10/h1-9,20H,(H,18,21)(H,19,22). The molecule has 1 aromatic heterocycles. The third-order valence-electron chi connectivity index (χ3n) is 3.40. The number of nitrogens with one attached hydrogen (secondary N) is 3. The predicted octanol–water partition coefficient (Wildman–Crippen LogP) is 1.80. The second-order valence-electron chi connectivity index (χ2n) is 5.12. The van der Waals surface area contributed by atoms with Gasteiger partial charge in [-0.15, -0.1) is 4.83 Å². The zero-order valence-electron chi connectivity index (χ0n) is 12.6. The molecule has 0 fully saturated rings. The number of hydrazine groups is 1. The molecule has 0 aliphatic heterocycles. The molecule has 0 radical (unpaired) electrons. The number of hydrogen-bond acceptors (Lipinski definition) is 4. The number of aromatic amines is 1. The highest BCUT2D eigenvalue weighted by Crippen LogP contribution is 2.25. The first-order valence-corrected chi connectivity index (χ1v) is 8.93. The maximum absolute atomic E-state index is 12.4. The topological polar surface area (TPSA) is 108 Å². The van der Waals surface area contributed by atoms with Crippen molar-refractivity contribution in [2.75, 3.05) is 0 Å². The Morgan fingerprint density at radius 3 is 2.48 bits per heavy atom. The summed E-state index contributed by atoms with van der Waals surface area (Å²) in [6.45, 7) is 0. The lowest BCUT2D eigenvalue weighted by molar-refractivity contribution is 0.0945. The Kier molecular flexibility index (Phi) is 4.58. The summed E-state index contributed by atoms with van der Waals surface area (Å²) in [5.41, 5.74) is 2.51. The summed E-state index contributed by atoms with van der Waals surface area (Å²) in [5, 5.41) is 0.398. The fourth-order valence-electron chi connectivity index (χ4n) is 2.19. The van der Waals surface area contributed by atoms with Crippen LogP contribution in [0.25, 0.3) is 10.9 Å². The Hall–Kier alpha value is -2.68. The molecule has 0 atom stereocenters. The van der Waals surface area contributed by atoms with Gasteiger partial charge in [0.2, 0.25) is 5.56 Å². The number of pyridine rings is 1. The van der Waals surface area contributed by atoms with Gasteiger partial charge in [0.05, 0.1) is 5.02 Å². The van der Waals surface area contributed by atoms with E-state index in [0.717, 1.165) is 0 Å². The van der Waals surface area contributed by atoms with E-state index in [-0.39, 0.29) is 15.5 Å². The van der Waals surface area contributed by atoms with Gasteiger partial charge in [-0.2, -0.15) is 0 Å². The van der Waals surface area contributed by atoms with Crippen LogP contribution < -0.4 is 15.8 Å². The van der Waals surface area contributed by atoms with Crippen molar-refractivity contribution in [1.29, 1.82) is 0 Å². The normalized spacial score (nSPS) is 11.4. The Labute approximate surface area is 147 Å². The van der Waals surface area contributed by atoms with Crippen LogP contribution in [0.1, 0.15) is 10.4 Å². The molecule has 2 aromatic carbocycles. The molecule has 7 nitrogen and oxygen atoms in total. The van der Waals surface area contributed by atoms with Crippen molar-refractivity contribution in [2.45, 2.75) is 4.90 Å². The lowest BCUT2D eigenvalue weighted by Gasteiger charge is -2.10. The summed E-state index contributed by atoms with van der Waals surface area (Å²) >= 11 is 6.02. The molecule has 0 spiro atoms. The van der Waals surface area contributed by atoms with Gasteiger partial charge in [-0.1, -0.05) is 29.8 Å². The number of carbonyl (C=O) groups excluding carboxylic acids is 1. The van der Waals surface area contributed by atoms with Gasteiger partial charge in [0, 0.05) is 17.1 Å². The van der Waals surface area contributed by atoms with Gasteiger partial charge in [-0.3, -0.25) is 15.0 Å². The van der Waals surface area contributed by atoms with Gasteiger partial charge < -0.3 is 4.98 Å². The Balaban J connectivity index is 1.88. The average Bonchev–Trinajstić information content (AvgIpc) is 2.59. The van der Waals surface area contributed by atoms with Gasteiger partial charge in [-0.05, 0) is 35.7 Å². The summed E-state index contributed by atoms with van der Waals surface area (Å²) in [7, 11) is -4.10. The molecule has 9 heteroatoms. The van der Waals surface area contributed by atoms with E-state index >= 15 is 0 Å². The third kappa shape index (κ3) is 3.71. The van der Waals surface area contributed by atoms with E-state index in [4.69, 9.17) is 11.6 Å². The van der Waals surface area contributed by atoms with E-state index in [0.29, 0.717) is 16.5 Å². The van der Waals surface area contributed by atoms with Crippen molar-refractivity contribution < 1.29 is 13.2 Å². The number of carbonyl (C=O) groups is 1. The molecule has 1 heterocycles. The molecular formula is C16H12ClN3O4S. The highest BCUT2D eigenvalue weighted by Gasteiger charge is 2.20. The predicted molar refractivity (Wildman–Crippen MR) is 93.8 cm³/mol. The molecule has 3 rings (SSSR count). The third-order valence-corrected chi connectivity index (χ3v) is 5.11.